The molecule has 2 amide bonds. The fraction of sp³-hybridized carbons (Fsp3) is 0.120. The third-order valence-corrected chi connectivity index (χ3v) is 5.13. The molecule has 7 heteroatoms. The Morgan fingerprint density at radius 2 is 1.53 bits per heavy atom. The number of imide groups is 1. The van der Waals surface area contributed by atoms with Crippen LogP contribution < -0.4 is 9.47 Å². The molecule has 7 nitrogen and oxygen atoms in total. The predicted molar refractivity (Wildman–Crippen MR) is 118 cm³/mol. The van der Waals surface area contributed by atoms with Crippen molar-refractivity contribution >= 4 is 29.9 Å². The molecule has 1 atom stereocenters. The van der Waals surface area contributed by atoms with Gasteiger partial charge in [0.05, 0.1) is 18.2 Å². The molecule has 0 fully saturated rings. The number of carbonyl (C=O) groups is 3. The fourth-order valence-electron chi connectivity index (χ4n) is 3.40. The SMILES string of the molecule is COc1cc(/C=C/c2ccncc2)ccc1OC(=O)C(C)N1C(=O)c2ccccc2C1=O. The van der Waals surface area contributed by atoms with Gasteiger partial charge in [-0.3, -0.25) is 19.5 Å². The molecule has 1 aliphatic rings. The highest BCUT2D eigenvalue weighted by atomic mass is 16.6. The van der Waals surface area contributed by atoms with Crippen molar-refractivity contribution in [2.24, 2.45) is 0 Å². The van der Waals surface area contributed by atoms with Crippen molar-refractivity contribution in [3.8, 4) is 11.5 Å². The van der Waals surface area contributed by atoms with Gasteiger partial charge in [-0.2, -0.15) is 0 Å². The number of esters is 1. The van der Waals surface area contributed by atoms with Crippen LogP contribution in [0.4, 0.5) is 0 Å². The molecule has 32 heavy (non-hydrogen) atoms. The number of methoxy groups -OCH3 is 1. The van der Waals surface area contributed by atoms with Crippen LogP contribution in [0.15, 0.2) is 67.0 Å². The molecule has 0 N–H and O–H groups in total. The van der Waals surface area contributed by atoms with Gasteiger partial charge in [0, 0.05) is 12.4 Å². The van der Waals surface area contributed by atoms with E-state index in [4.69, 9.17) is 9.47 Å². The van der Waals surface area contributed by atoms with Crippen LogP contribution in [0.2, 0.25) is 0 Å². The smallest absolute Gasteiger partial charge is 0.334 e. The van der Waals surface area contributed by atoms with E-state index in [0.29, 0.717) is 5.75 Å². The monoisotopic (exact) mass is 428 g/mol. The first-order valence-electron chi connectivity index (χ1n) is 9.94. The molecule has 0 saturated carbocycles. The van der Waals surface area contributed by atoms with Gasteiger partial charge in [-0.1, -0.05) is 30.4 Å². The number of benzene rings is 2. The van der Waals surface area contributed by atoms with E-state index in [-0.39, 0.29) is 16.9 Å². The molecule has 0 spiro atoms. The summed E-state index contributed by atoms with van der Waals surface area (Å²) in [5.74, 6) is -1.22. The first kappa shape index (κ1) is 21.0. The molecule has 160 valence electrons. The summed E-state index contributed by atoms with van der Waals surface area (Å²) in [7, 11) is 1.47. The van der Waals surface area contributed by atoms with E-state index in [1.807, 2.05) is 24.3 Å². The maximum atomic E-state index is 12.8. The van der Waals surface area contributed by atoms with E-state index in [1.165, 1.54) is 14.0 Å². The van der Waals surface area contributed by atoms with Crippen molar-refractivity contribution in [2.45, 2.75) is 13.0 Å². The number of hydrogen-bond donors (Lipinski definition) is 0. The molecule has 3 aromatic rings. The lowest BCUT2D eigenvalue weighted by molar-refractivity contribution is -0.138. The number of ether oxygens (including phenoxy) is 2. The molecule has 0 aliphatic carbocycles. The van der Waals surface area contributed by atoms with E-state index in [2.05, 4.69) is 4.98 Å². The Bertz CT molecular complexity index is 1190. The summed E-state index contributed by atoms with van der Waals surface area (Å²) in [4.78, 5) is 42.9. The zero-order valence-corrected chi connectivity index (χ0v) is 17.5. The highest BCUT2D eigenvalue weighted by Gasteiger charge is 2.41. The van der Waals surface area contributed by atoms with Gasteiger partial charge in [0.1, 0.15) is 6.04 Å². The van der Waals surface area contributed by atoms with Crippen LogP contribution >= 0.6 is 0 Å². The Morgan fingerprint density at radius 3 is 2.16 bits per heavy atom. The number of amides is 2. The van der Waals surface area contributed by atoms with Crippen LogP contribution in [0.25, 0.3) is 12.2 Å². The number of aromatic nitrogens is 1. The molecule has 0 radical (unpaired) electrons. The fourth-order valence-corrected chi connectivity index (χ4v) is 3.40. The normalized spacial score (nSPS) is 13.9. The van der Waals surface area contributed by atoms with Crippen LogP contribution in [0.1, 0.15) is 38.8 Å². The summed E-state index contributed by atoms with van der Waals surface area (Å²) in [6.45, 7) is 1.46. The number of nitrogens with zero attached hydrogens (tertiary/aromatic N) is 2. The Hall–Kier alpha value is -4.26. The van der Waals surface area contributed by atoms with E-state index >= 15 is 0 Å². The van der Waals surface area contributed by atoms with Gasteiger partial charge in [-0.15, -0.1) is 0 Å². The third kappa shape index (κ3) is 4.00. The number of pyridine rings is 1. The van der Waals surface area contributed by atoms with Gasteiger partial charge in [0.25, 0.3) is 11.8 Å². The Kier molecular flexibility index (Phi) is 5.81. The minimum atomic E-state index is -1.10. The lowest BCUT2D eigenvalue weighted by Crippen LogP contribution is -2.44. The highest BCUT2D eigenvalue weighted by molar-refractivity contribution is 6.22. The molecule has 1 aromatic heterocycles. The second-order valence-corrected chi connectivity index (χ2v) is 7.15. The maximum Gasteiger partial charge on any atom is 0.334 e. The number of hydrogen-bond acceptors (Lipinski definition) is 6. The van der Waals surface area contributed by atoms with E-state index < -0.39 is 23.8 Å². The van der Waals surface area contributed by atoms with Crippen molar-refractivity contribution < 1.29 is 23.9 Å². The van der Waals surface area contributed by atoms with Gasteiger partial charge in [-0.05, 0) is 54.4 Å². The minimum absolute atomic E-state index is 0.196. The van der Waals surface area contributed by atoms with Crippen molar-refractivity contribution in [1.29, 1.82) is 0 Å². The molecule has 4 rings (SSSR count). The number of fused-ring (bicyclic) bond motifs is 1. The topological polar surface area (TPSA) is 85.8 Å². The van der Waals surface area contributed by atoms with Crippen LogP contribution in [-0.4, -0.2) is 40.8 Å². The average molecular weight is 428 g/mol. The second kappa shape index (κ2) is 8.85. The van der Waals surface area contributed by atoms with Crippen LogP contribution in [0.5, 0.6) is 11.5 Å². The molecule has 2 heterocycles. The summed E-state index contributed by atoms with van der Waals surface area (Å²) in [6.07, 6.45) is 7.23. The van der Waals surface area contributed by atoms with Crippen molar-refractivity contribution in [3.63, 3.8) is 0 Å². The van der Waals surface area contributed by atoms with Crippen LogP contribution in [-0.2, 0) is 4.79 Å². The first-order chi connectivity index (χ1) is 15.5. The van der Waals surface area contributed by atoms with Gasteiger partial charge in [0.15, 0.2) is 11.5 Å². The Labute approximate surface area is 184 Å². The molecule has 2 aromatic carbocycles. The molecular formula is C25H20N2O5. The Balaban J connectivity index is 1.50. The first-order valence-corrected chi connectivity index (χ1v) is 9.94. The van der Waals surface area contributed by atoms with Crippen LogP contribution in [0, 0.1) is 0 Å². The molecule has 0 saturated heterocycles. The van der Waals surface area contributed by atoms with Gasteiger partial charge < -0.3 is 9.47 Å². The zero-order chi connectivity index (χ0) is 22.7. The van der Waals surface area contributed by atoms with Crippen LogP contribution in [0.3, 0.4) is 0 Å². The van der Waals surface area contributed by atoms with Gasteiger partial charge in [-0.25, -0.2) is 4.79 Å². The number of rotatable bonds is 6. The van der Waals surface area contributed by atoms with Crippen molar-refractivity contribution in [3.05, 3.63) is 89.2 Å². The minimum Gasteiger partial charge on any atom is -0.493 e. The summed E-state index contributed by atoms with van der Waals surface area (Å²) in [6, 6.07) is 14.2. The standard InChI is InChI=1S/C25H20N2O5/c1-16(27-23(28)19-5-3-4-6-20(19)24(27)29)25(30)32-21-10-9-18(15-22(21)31-2)8-7-17-11-13-26-14-12-17/h3-16H,1-2H3/b8-7+. The molecular weight excluding hydrogens is 408 g/mol. The maximum absolute atomic E-state index is 12.8. The van der Waals surface area contributed by atoms with E-state index in [9.17, 15) is 14.4 Å². The summed E-state index contributed by atoms with van der Waals surface area (Å²) in [5, 5.41) is 0. The average Bonchev–Trinajstić information content (AvgIpc) is 3.08. The summed E-state index contributed by atoms with van der Waals surface area (Å²) >= 11 is 0. The lowest BCUT2D eigenvalue weighted by atomic mass is 10.1. The van der Waals surface area contributed by atoms with E-state index in [0.717, 1.165) is 16.0 Å². The lowest BCUT2D eigenvalue weighted by Gasteiger charge is -2.21. The Morgan fingerprint density at radius 1 is 0.906 bits per heavy atom. The van der Waals surface area contributed by atoms with Gasteiger partial charge >= 0.3 is 5.97 Å². The quantitative estimate of drug-likeness (QED) is 0.337. The third-order valence-electron chi connectivity index (χ3n) is 5.13. The zero-order valence-electron chi connectivity index (χ0n) is 17.5. The van der Waals surface area contributed by atoms with Crippen molar-refractivity contribution in [2.75, 3.05) is 7.11 Å². The molecule has 0 bridgehead atoms. The highest BCUT2D eigenvalue weighted by Crippen LogP contribution is 2.30. The summed E-state index contributed by atoms with van der Waals surface area (Å²) in [5.41, 5.74) is 2.39. The predicted octanol–water partition coefficient (Wildman–Crippen LogP) is 3.85. The van der Waals surface area contributed by atoms with Crippen molar-refractivity contribution in [1.82, 2.24) is 9.88 Å². The largest absolute Gasteiger partial charge is 0.493 e. The molecule has 1 aliphatic heterocycles. The van der Waals surface area contributed by atoms with E-state index in [1.54, 1.807) is 54.9 Å². The molecule has 1 unspecified atom stereocenters. The second-order valence-electron chi connectivity index (χ2n) is 7.15. The summed E-state index contributed by atoms with van der Waals surface area (Å²) < 4.78 is 10.8. The van der Waals surface area contributed by atoms with Gasteiger partial charge in [0.2, 0.25) is 0 Å². The number of carbonyl (C=O) groups excluding carboxylic acids is 3.